The molecule has 100 valence electrons. The minimum Gasteiger partial charge on any atom is -0.464 e. The van der Waals surface area contributed by atoms with Crippen molar-refractivity contribution in [3.63, 3.8) is 0 Å². The molecule has 0 bridgehead atoms. The highest BCUT2D eigenvalue weighted by molar-refractivity contribution is 5.96. The molecule has 1 aromatic rings. The Morgan fingerprint density at radius 1 is 1.42 bits per heavy atom. The third kappa shape index (κ3) is 4.69. The molecule has 0 radical (unpaired) electrons. The number of carbonyl (C=O) groups is 2. The van der Waals surface area contributed by atoms with Gasteiger partial charge < -0.3 is 10.1 Å². The summed E-state index contributed by atoms with van der Waals surface area (Å²) >= 11 is 0. The van der Waals surface area contributed by atoms with Gasteiger partial charge in [0.2, 0.25) is 0 Å². The zero-order valence-corrected chi connectivity index (χ0v) is 10.4. The predicted octanol–water partition coefficient (Wildman–Crippen LogP) is 1.66. The summed E-state index contributed by atoms with van der Waals surface area (Å²) in [6.45, 7) is 1.66. The lowest BCUT2D eigenvalue weighted by atomic mass is 10.2. The highest BCUT2D eigenvalue weighted by atomic mass is 16.5. The minimum absolute atomic E-state index is 0.187. The first-order valence-electron chi connectivity index (χ1n) is 5.72. The first-order valence-corrected chi connectivity index (χ1v) is 5.72. The molecule has 7 heteroatoms. The molecule has 1 atom stereocenters. The van der Waals surface area contributed by atoms with Gasteiger partial charge in [0.25, 0.3) is 5.91 Å². The van der Waals surface area contributed by atoms with Gasteiger partial charge in [-0.05, 0) is 24.6 Å². The van der Waals surface area contributed by atoms with Crippen molar-refractivity contribution in [1.29, 1.82) is 0 Å². The van der Waals surface area contributed by atoms with Crippen molar-refractivity contribution >= 4 is 11.9 Å². The zero-order valence-electron chi connectivity index (χ0n) is 10.4. The van der Waals surface area contributed by atoms with Crippen LogP contribution in [0, 0.1) is 0 Å². The Hall–Kier alpha value is -2.53. The van der Waals surface area contributed by atoms with E-state index in [1.165, 1.54) is 0 Å². The van der Waals surface area contributed by atoms with E-state index in [4.69, 9.17) is 10.3 Å². The fourth-order valence-corrected chi connectivity index (χ4v) is 1.37. The Labute approximate surface area is 110 Å². The Morgan fingerprint density at radius 2 is 2.11 bits per heavy atom. The Bertz CT molecular complexity index is 483. The first-order chi connectivity index (χ1) is 9.19. The number of rotatable bonds is 6. The molecule has 0 saturated heterocycles. The van der Waals surface area contributed by atoms with E-state index < -0.39 is 17.9 Å². The molecule has 0 aliphatic heterocycles. The molecule has 1 aromatic carbocycles. The molecule has 0 saturated carbocycles. The summed E-state index contributed by atoms with van der Waals surface area (Å²) in [5.41, 5.74) is 8.69. The van der Waals surface area contributed by atoms with Crippen molar-refractivity contribution in [2.24, 2.45) is 5.11 Å². The lowest BCUT2D eigenvalue weighted by Gasteiger charge is -2.15. The largest absolute Gasteiger partial charge is 0.464 e. The van der Waals surface area contributed by atoms with Gasteiger partial charge in [-0.1, -0.05) is 23.3 Å². The molecular formula is C12H14N4O3. The Balaban J connectivity index is 2.74. The lowest BCUT2D eigenvalue weighted by Crippen LogP contribution is -2.43. The molecule has 0 fully saturated rings. The molecule has 1 N–H and O–H groups in total. The average Bonchev–Trinajstić information content (AvgIpc) is 2.44. The number of ether oxygens (including phenoxy) is 1. The molecule has 0 spiro atoms. The SMILES string of the molecule is CCOC(=O)C(CN=[N+]=[N-])NC(=O)c1ccccc1. The van der Waals surface area contributed by atoms with Crippen molar-refractivity contribution in [2.75, 3.05) is 13.2 Å². The molecule has 7 nitrogen and oxygen atoms in total. The van der Waals surface area contributed by atoms with Crippen LogP contribution in [0.3, 0.4) is 0 Å². The van der Waals surface area contributed by atoms with Crippen LogP contribution >= 0.6 is 0 Å². The van der Waals surface area contributed by atoms with E-state index in [0.717, 1.165) is 0 Å². The topological polar surface area (TPSA) is 104 Å². The van der Waals surface area contributed by atoms with Crippen molar-refractivity contribution < 1.29 is 14.3 Å². The number of azide groups is 1. The van der Waals surface area contributed by atoms with Gasteiger partial charge in [-0.25, -0.2) is 4.79 Å². The maximum Gasteiger partial charge on any atom is 0.328 e. The van der Waals surface area contributed by atoms with E-state index in [1.54, 1.807) is 37.3 Å². The maximum absolute atomic E-state index is 11.9. The van der Waals surface area contributed by atoms with Gasteiger partial charge in [0.05, 0.1) is 13.2 Å². The van der Waals surface area contributed by atoms with Crippen LogP contribution in [-0.4, -0.2) is 31.1 Å². The van der Waals surface area contributed by atoms with Gasteiger partial charge >= 0.3 is 5.97 Å². The summed E-state index contributed by atoms with van der Waals surface area (Å²) in [6, 6.07) is 7.45. The Kier molecular flexibility index (Phi) is 5.91. The van der Waals surface area contributed by atoms with Crippen molar-refractivity contribution in [2.45, 2.75) is 13.0 Å². The van der Waals surface area contributed by atoms with E-state index in [0.29, 0.717) is 5.56 Å². The first kappa shape index (κ1) is 14.5. The maximum atomic E-state index is 11.9. The van der Waals surface area contributed by atoms with Crippen molar-refractivity contribution in [1.82, 2.24) is 5.32 Å². The van der Waals surface area contributed by atoms with Gasteiger partial charge in [-0.15, -0.1) is 0 Å². The standard InChI is InChI=1S/C12H14N4O3/c1-2-19-12(18)10(8-14-16-13)15-11(17)9-6-4-3-5-7-9/h3-7,10H,2,8H2,1H3,(H,15,17). The van der Waals surface area contributed by atoms with Crippen LogP contribution in [0.4, 0.5) is 0 Å². The van der Waals surface area contributed by atoms with Crippen LogP contribution in [0.25, 0.3) is 10.4 Å². The number of esters is 1. The number of hydrogen-bond donors (Lipinski definition) is 1. The molecule has 1 amide bonds. The Morgan fingerprint density at radius 3 is 2.68 bits per heavy atom. The van der Waals surface area contributed by atoms with Crippen LogP contribution < -0.4 is 5.32 Å². The van der Waals surface area contributed by atoms with Crippen LogP contribution in [-0.2, 0) is 9.53 Å². The quantitative estimate of drug-likeness (QED) is 0.365. The molecule has 0 aromatic heterocycles. The summed E-state index contributed by atoms with van der Waals surface area (Å²) in [7, 11) is 0. The summed E-state index contributed by atoms with van der Waals surface area (Å²) in [5.74, 6) is -1.05. The molecule has 0 heterocycles. The molecular weight excluding hydrogens is 248 g/mol. The number of carbonyl (C=O) groups excluding carboxylic acids is 2. The average molecular weight is 262 g/mol. The number of hydrogen-bond acceptors (Lipinski definition) is 4. The summed E-state index contributed by atoms with van der Waals surface area (Å²) < 4.78 is 4.80. The minimum atomic E-state index is -0.983. The van der Waals surface area contributed by atoms with Gasteiger partial charge in [0.15, 0.2) is 0 Å². The molecule has 1 unspecified atom stereocenters. The van der Waals surface area contributed by atoms with E-state index in [2.05, 4.69) is 15.3 Å². The third-order valence-corrected chi connectivity index (χ3v) is 2.24. The monoisotopic (exact) mass is 262 g/mol. The summed E-state index contributed by atoms with van der Waals surface area (Å²) in [5, 5.41) is 5.76. The van der Waals surface area contributed by atoms with E-state index in [9.17, 15) is 9.59 Å². The fraction of sp³-hybridized carbons (Fsp3) is 0.333. The zero-order chi connectivity index (χ0) is 14.1. The summed E-state index contributed by atoms with van der Waals surface area (Å²) in [4.78, 5) is 26.0. The summed E-state index contributed by atoms with van der Waals surface area (Å²) in [6.07, 6.45) is 0. The van der Waals surface area contributed by atoms with Crippen molar-refractivity contribution in [3.8, 4) is 0 Å². The molecule has 1 rings (SSSR count). The van der Waals surface area contributed by atoms with Crippen molar-refractivity contribution in [3.05, 3.63) is 46.3 Å². The van der Waals surface area contributed by atoms with Crippen LogP contribution in [0.2, 0.25) is 0 Å². The highest BCUT2D eigenvalue weighted by Gasteiger charge is 2.21. The van der Waals surface area contributed by atoms with Crippen LogP contribution in [0.1, 0.15) is 17.3 Å². The van der Waals surface area contributed by atoms with Crippen LogP contribution in [0.15, 0.2) is 35.4 Å². The smallest absolute Gasteiger partial charge is 0.328 e. The second-order valence-corrected chi connectivity index (χ2v) is 3.56. The van der Waals surface area contributed by atoms with E-state index in [-0.39, 0.29) is 13.2 Å². The van der Waals surface area contributed by atoms with Gasteiger partial charge in [0.1, 0.15) is 6.04 Å². The number of nitrogens with one attached hydrogen (secondary N) is 1. The van der Waals surface area contributed by atoms with Gasteiger partial charge in [0, 0.05) is 10.5 Å². The molecule has 0 aliphatic carbocycles. The number of benzene rings is 1. The predicted molar refractivity (Wildman–Crippen MR) is 68.3 cm³/mol. The molecule has 0 aliphatic rings. The molecule has 19 heavy (non-hydrogen) atoms. The number of nitrogens with zero attached hydrogens (tertiary/aromatic N) is 3. The van der Waals surface area contributed by atoms with E-state index in [1.807, 2.05) is 0 Å². The van der Waals surface area contributed by atoms with Gasteiger partial charge in [-0.2, -0.15) is 0 Å². The van der Waals surface area contributed by atoms with Gasteiger partial charge in [-0.3, -0.25) is 4.79 Å². The third-order valence-electron chi connectivity index (χ3n) is 2.24. The van der Waals surface area contributed by atoms with E-state index >= 15 is 0 Å². The lowest BCUT2D eigenvalue weighted by molar-refractivity contribution is -0.145. The fourth-order valence-electron chi connectivity index (χ4n) is 1.37. The number of amides is 1. The second kappa shape index (κ2) is 7.73. The van der Waals surface area contributed by atoms with Crippen LogP contribution in [0.5, 0.6) is 0 Å². The normalized spacial score (nSPS) is 11.0. The highest BCUT2D eigenvalue weighted by Crippen LogP contribution is 2.00. The second-order valence-electron chi connectivity index (χ2n) is 3.56.